The van der Waals surface area contributed by atoms with Crippen LogP contribution < -0.4 is 10.2 Å². The van der Waals surface area contributed by atoms with Crippen LogP contribution in [0.4, 0.5) is 0 Å². The molecule has 1 aromatic rings. The van der Waals surface area contributed by atoms with Crippen molar-refractivity contribution in [2.24, 2.45) is 0 Å². The predicted molar refractivity (Wildman–Crippen MR) is 75.5 cm³/mol. The van der Waals surface area contributed by atoms with E-state index < -0.39 is 11.7 Å². The van der Waals surface area contributed by atoms with E-state index in [2.05, 4.69) is 5.48 Å². The van der Waals surface area contributed by atoms with Crippen molar-refractivity contribution in [3.05, 3.63) is 28.2 Å². The Bertz CT molecular complexity index is 458. The van der Waals surface area contributed by atoms with Gasteiger partial charge in [0.2, 0.25) is 0 Å². The topological polar surface area (TPSA) is 47.6 Å². The van der Waals surface area contributed by atoms with Gasteiger partial charge in [0.25, 0.3) is 5.91 Å². The van der Waals surface area contributed by atoms with Crippen LogP contribution in [0.1, 0.15) is 27.7 Å². The zero-order chi connectivity index (χ0) is 14.6. The number of amides is 1. The first-order chi connectivity index (χ1) is 8.69. The summed E-state index contributed by atoms with van der Waals surface area (Å²) in [5.41, 5.74) is 1.88. The molecule has 1 rings (SSSR count). The molecule has 19 heavy (non-hydrogen) atoms. The third kappa shape index (κ3) is 5.68. The first-order valence-electron chi connectivity index (χ1n) is 5.78. The second kappa shape index (κ2) is 6.46. The monoisotopic (exact) mass is 305 g/mol. The van der Waals surface area contributed by atoms with Crippen LogP contribution in [0.15, 0.2) is 18.2 Å². The SMILES string of the molecule is CC(Oc1ccc(Cl)cc1Cl)C(=O)NOC(C)(C)C. The Morgan fingerprint density at radius 1 is 1.32 bits per heavy atom. The van der Waals surface area contributed by atoms with E-state index in [1.165, 1.54) is 0 Å². The Labute approximate surface area is 122 Å². The molecule has 1 atom stereocenters. The summed E-state index contributed by atoms with van der Waals surface area (Å²) < 4.78 is 5.44. The summed E-state index contributed by atoms with van der Waals surface area (Å²) in [7, 11) is 0. The largest absolute Gasteiger partial charge is 0.479 e. The molecule has 1 amide bonds. The van der Waals surface area contributed by atoms with Gasteiger partial charge < -0.3 is 4.74 Å². The van der Waals surface area contributed by atoms with Gasteiger partial charge >= 0.3 is 0 Å². The summed E-state index contributed by atoms with van der Waals surface area (Å²) in [5.74, 6) is 0.00502. The fourth-order valence-electron chi connectivity index (χ4n) is 1.10. The fraction of sp³-hybridized carbons (Fsp3) is 0.462. The second-order valence-electron chi connectivity index (χ2n) is 5.02. The van der Waals surface area contributed by atoms with E-state index in [0.29, 0.717) is 15.8 Å². The van der Waals surface area contributed by atoms with E-state index in [0.717, 1.165) is 0 Å². The Hall–Kier alpha value is -0.970. The Morgan fingerprint density at radius 2 is 1.95 bits per heavy atom. The summed E-state index contributed by atoms with van der Waals surface area (Å²) in [6, 6.07) is 4.80. The first-order valence-corrected chi connectivity index (χ1v) is 6.54. The highest BCUT2D eigenvalue weighted by Gasteiger charge is 2.19. The molecule has 0 aliphatic rings. The van der Waals surface area contributed by atoms with Gasteiger partial charge in [-0.2, -0.15) is 0 Å². The standard InChI is InChI=1S/C13H17Cl2NO3/c1-8(12(17)16-19-13(2,3)4)18-11-6-5-9(14)7-10(11)15/h5-8H,1-4H3,(H,16,17). The minimum absolute atomic E-state index is 0.351. The molecule has 0 saturated heterocycles. The number of ether oxygens (including phenoxy) is 1. The van der Waals surface area contributed by atoms with Crippen LogP contribution in [-0.2, 0) is 9.63 Å². The van der Waals surface area contributed by atoms with Crippen LogP contribution in [0.3, 0.4) is 0 Å². The second-order valence-corrected chi connectivity index (χ2v) is 5.86. The van der Waals surface area contributed by atoms with E-state index >= 15 is 0 Å². The van der Waals surface area contributed by atoms with Gasteiger partial charge in [0.1, 0.15) is 5.75 Å². The van der Waals surface area contributed by atoms with Crippen molar-refractivity contribution in [3.63, 3.8) is 0 Å². The summed E-state index contributed by atoms with van der Waals surface area (Å²) in [4.78, 5) is 16.9. The smallest absolute Gasteiger partial charge is 0.284 e. The van der Waals surface area contributed by atoms with Crippen molar-refractivity contribution in [2.45, 2.75) is 39.4 Å². The van der Waals surface area contributed by atoms with Crippen LogP contribution >= 0.6 is 23.2 Å². The molecule has 0 heterocycles. The molecule has 0 radical (unpaired) electrons. The van der Waals surface area contributed by atoms with Crippen molar-refractivity contribution in [3.8, 4) is 5.75 Å². The lowest BCUT2D eigenvalue weighted by Crippen LogP contribution is -2.40. The molecule has 6 heteroatoms. The van der Waals surface area contributed by atoms with Gasteiger partial charge in [-0.3, -0.25) is 9.63 Å². The van der Waals surface area contributed by atoms with E-state index in [-0.39, 0.29) is 5.91 Å². The third-order valence-corrected chi connectivity index (χ3v) is 2.56. The number of hydrogen-bond acceptors (Lipinski definition) is 3. The van der Waals surface area contributed by atoms with Gasteiger partial charge in [0.05, 0.1) is 10.6 Å². The van der Waals surface area contributed by atoms with E-state index in [9.17, 15) is 4.79 Å². The van der Waals surface area contributed by atoms with E-state index in [4.69, 9.17) is 32.8 Å². The third-order valence-electron chi connectivity index (χ3n) is 2.02. The van der Waals surface area contributed by atoms with Crippen molar-refractivity contribution in [2.75, 3.05) is 0 Å². The van der Waals surface area contributed by atoms with Crippen molar-refractivity contribution < 1.29 is 14.4 Å². The quantitative estimate of drug-likeness (QED) is 0.865. The minimum Gasteiger partial charge on any atom is -0.479 e. The molecule has 0 saturated carbocycles. The molecule has 0 fully saturated rings. The Kier molecular flexibility index (Phi) is 5.47. The average molecular weight is 306 g/mol. The molecule has 1 unspecified atom stereocenters. The molecule has 1 N–H and O–H groups in total. The number of nitrogens with one attached hydrogen (secondary N) is 1. The molecule has 0 aromatic heterocycles. The predicted octanol–water partition coefficient (Wildman–Crippen LogP) is 3.61. The highest BCUT2D eigenvalue weighted by Crippen LogP contribution is 2.28. The van der Waals surface area contributed by atoms with Crippen LogP contribution in [0.5, 0.6) is 5.75 Å². The van der Waals surface area contributed by atoms with Crippen LogP contribution in [0.25, 0.3) is 0 Å². The van der Waals surface area contributed by atoms with Gasteiger partial charge in [-0.1, -0.05) is 23.2 Å². The van der Waals surface area contributed by atoms with Gasteiger partial charge in [-0.15, -0.1) is 0 Å². The maximum Gasteiger partial charge on any atom is 0.284 e. The molecule has 0 aliphatic carbocycles. The number of halogens is 2. The van der Waals surface area contributed by atoms with Crippen molar-refractivity contribution in [1.82, 2.24) is 5.48 Å². The van der Waals surface area contributed by atoms with Crippen LogP contribution in [0, 0.1) is 0 Å². The van der Waals surface area contributed by atoms with Crippen LogP contribution in [0.2, 0.25) is 10.0 Å². The zero-order valence-corrected chi connectivity index (χ0v) is 12.8. The lowest BCUT2D eigenvalue weighted by Gasteiger charge is -2.21. The molecular weight excluding hydrogens is 289 g/mol. The number of rotatable bonds is 4. The summed E-state index contributed by atoms with van der Waals surface area (Å²) >= 11 is 11.7. The normalized spacial score (nSPS) is 12.9. The van der Waals surface area contributed by atoms with E-state index in [1.54, 1.807) is 25.1 Å². The summed E-state index contributed by atoms with van der Waals surface area (Å²) in [5, 5.41) is 0.856. The Morgan fingerprint density at radius 3 is 2.47 bits per heavy atom. The number of hydroxylamine groups is 1. The van der Waals surface area contributed by atoms with Gasteiger partial charge in [0, 0.05) is 5.02 Å². The molecule has 0 aliphatic heterocycles. The lowest BCUT2D eigenvalue weighted by atomic mass is 10.2. The zero-order valence-electron chi connectivity index (χ0n) is 11.3. The molecule has 0 bridgehead atoms. The Balaban J connectivity index is 2.59. The fourth-order valence-corrected chi connectivity index (χ4v) is 1.55. The van der Waals surface area contributed by atoms with Crippen LogP contribution in [-0.4, -0.2) is 17.6 Å². The number of carbonyl (C=O) groups excluding carboxylic acids is 1. The highest BCUT2D eigenvalue weighted by molar-refractivity contribution is 6.35. The first kappa shape index (κ1) is 16.1. The van der Waals surface area contributed by atoms with Gasteiger partial charge in [-0.25, -0.2) is 5.48 Å². The lowest BCUT2D eigenvalue weighted by molar-refractivity contribution is -0.151. The van der Waals surface area contributed by atoms with Crippen molar-refractivity contribution >= 4 is 29.1 Å². The molecular formula is C13H17Cl2NO3. The number of carbonyl (C=O) groups is 1. The number of hydrogen-bond donors (Lipinski definition) is 1. The van der Waals surface area contributed by atoms with Gasteiger partial charge in [-0.05, 0) is 45.9 Å². The highest BCUT2D eigenvalue weighted by atomic mass is 35.5. The van der Waals surface area contributed by atoms with Gasteiger partial charge in [0.15, 0.2) is 6.10 Å². The van der Waals surface area contributed by atoms with E-state index in [1.807, 2.05) is 20.8 Å². The molecule has 0 spiro atoms. The summed E-state index contributed by atoms with van der Waals surface area (Å²) in [6.07, 6.45) is -0.735. The average Bonchev–Trinajstić information content (AvgIpc) is 2.28. The van der Waals surface area contributed by atoms with Crippen molar-refractivity contribution in [1.29, 1.82) is 0 Å². The molecule has 106 valence electrons. The molecule has 4 nitrogen and oxygen atoms in total. The summed E-state index contributed by atoms with van der Waals surface area (Å²) in [6.45, 7) is 7.09. The minimum atomic E-state index is -0.735. The maximum absolute atomic E-state index is 11.7. The molecule has 1 aromatic carbocycles. The maximum atomic E-state index is 11.7. The number of benzene rings is 1.